The number of carbonyl (C=O) groups is 1. The second-order valence-corrected chi connectivity index (χ2v) is 6.72. The molecule has 0 bridgehead atoms. The molecule has 1 aliphatic rings. The fourth-order valence-corrected chi connectivity index (χ4v) is 2.89. The lowest BCUT2D eigenvalue weighted by Crippen LogP contribution is -2.30. The van der Waals surface area contributed by atoms with E-state index in [1.54, 1.807) is 12.1 Å². The van der Waals surface area contributed by atoms with Crippen LogP contribution in [0.5, 0.6) is 0 Å². The molecule has 1 fully saturated rings. The molecular weight excluding hydrogens is 345 g/mol. The molecule has 1 atom stereocenters. The highest BCUT2D eigenvalue weighted by Crippen LogP contribution is 2.26. The third-order valence-electron chi connectivity index (χ3n) is 4.55. The lowest BCUT2D eigenvalue weighted by molar-refractivity contribution is 0.251. The number of anilines is 2. The number of carbonyl (C=O) groups excluding carboxylic acids is 1. The van der Waals surface area contributed by atoms with Crippen molar-refractivity contribution in [3.05, 3.63) is 60.2 Å². The van der Waals surface area contributed by atoms with Crippen LogP contribution in [0, 0.1) is 5.82 Å². The van der Waals surface area contributed by atoms with Crippen LogP contribution in [0.25, 0.3) is 10.9 Å². The molecule has 4 rings (SSSR count). The van der Waals surface area contributed by atoms with Crippen LogP contribution in [0.1, 0.15) is 31.4 Å². The third kappa shape index (κ3) is 3.97. The summed E-state index contributed by atoms with van der Waals surface area (Å²) in [6.45, 7) is 2.00. The fourth-order valence-electron chi connectivity index (χ4n) is 2.89. The zero-order valence-corrected chi connectivity index (χ0v) is 14.9. The van der Waals surface area contributed by atoms with Crippen LogP contribution in [-0.4, -0.2) is 22.0 Å². The van der Waals surface area contributed by atoms with Crippen molar-refractivity contribution < 1.29 is 9.18 Å². The first-order valence-electron chi connectivity index (χ1n) is 8.93. The van der Waals surface area contributed by atoms with Gasteiger partial charge in [-0.25, -0.2) is 19.2 Å². The quantitative estimate of drug-likeness (QED) is 0.632. The molecule has 0 saturated heterocycles. The number of hydrogen-bond acceptors (Lipinski definition) is 4. The van der Waals surface area contributed by atoms with Gasteiger partial charge in [0.05, 0.1) is 0 Å². The van der Waals surface area contributed by atoms with Crippen LogP contribution in [0.2, 0.25) is 0 Å². The molecule has 0 aliphatic heterocycles. The van der Waals surface area contributed by atoms with Gasteiger partial charge in [0, 0.05) is 23.2 Å². The number of fused-ring (bicyclic) bond motifs is 1. The molecule has 0 unspecified atom stereocenters. The maximum absolute atomic E-state index is 13.9. The van der Waals surface area contributed by atoms with Crippen molar-refractivity contribution in [2.45, 2.75) is 31.8 Å². The highest BCUT2D eigenvalue weighted by atomic mass is 19.1. The molecule has 3 N–H and O–H groups in total. The number of nitrogens with one attached hydrogen (secondary N) is 3. The number of amides is 2. The summed E-state index contributed by atoms with van der Waals surface area (Å²) in [5.41, 5.74) is 2.05. The number of benzene rings is 2. The predicted molar refractivity (Wildman–Crippen MR) is 103 cm³/mol. The molecule has 138 valence electrons. The van der Waals surface area contributed by atoms with Crippen molar-refractivity contribution in [2.75, 3.05) is 10.6 Å². The van der Waals surface area contributed by atoms with Gasteiger partial charge in [0.1, 0.15) is 23.5 Å². The number of urea groups is 1. The van der Waals surface area contributed by atoms with Crippen LogP contribution in [0.4, 0.5) is 20.7 Å². The second kappa shape index (κ2) is 7.19. The van der Waals surface area contributed by atoms with E-state index in [0.717, 1.165) is 24.1 Å². The van der Waals surface area contributed by atoms with Crippen LogP contribution >= 0.6 is 0 Å². The number of aromatic nitrogens is 2. The zero-order chi connectivity index (χ0) is 18.8. The summed E-state index contributed by atoms with van der Waals surface area (Å²) in [4.78, 5) is 20.1. The minimum absolute atomic E-state index is 0.0549. The van der Waals surface area contributed by atoms with Crippen molar-refractivity contribution in [3.63, 3.8) is 0 Å². The molecule has 1 aliphatic carbocycles. The van der Waals surface area contributed by atoms with Gasteiger partial charge in [0.25, 0.3) is 0 Å². The summed E-state index contributed by atoms with van der Waals surface area (Å²) in [5.74, 6) is 0.212. The molecule has 7 heteroatoms. The van der Waals surface area contributed by atoms with Crippen LogP contribution in [0.15, 0.2) is 48.8 Å². The molecule has 1 aromatic heterocycles. The first-order chi connectivity index (χ1) is 13.1. The SMILES string of the molecule is C[C@H](Nc1ncnc2c(F)cccc12)c1ccc(NC(=O)NC2CC2)cc1. The Labute approximate surface area is 156 Å². The predicted octanol–water partition coefficient (Wildman–Crippen LogP) is 4.23. The molecule has 1 heterocycles. The molecule has 1 saturated carbocycles. The maximum atomic E-state index is 13.9. The van der Waals surface area contributed by atoms with E-state index in [4.69, 9.17) is 0 Å². The highest BCUT2D eigenvalue weighted by Gasteiger charge is 2.23. The average molecular weight is 365 g/mol. The Morgan fingerprint density at radius 3 is 2.67 bits per heavy atom. The van der Waals surface area contributed by atoms with E-state index in [1.807, 2.05) is 31.2 Å². The average Bonchev–Trinajstić information content (AvgIpc) is 3.47. The Hall–Kier alpha value is -3.22. The normalized spacial score (nSPS) is 14.6. The monoisotopic (exact) mass is 365 g/mol. The largest absolute Gasteiger partial charge is 0.363 e. The van der Waals surface area contributed by atoms with Gasteiger partial charge in [-0.3, -0.25) is 0 Å². The van der Waals surface area contributed by atoms with E-state index in [9.17, 15) is 9.18 Å². The summed E-state index contributed by atoms with van der Waals surface area (Å²) in [7, 11) is 0. The Morgan fingerprint density at radius 2 is 1.93 bits per heavy atom. The lowest BCUT2D eigenvalue weighted by atomic mass is 10.1. The molecule has 3 aromatic rings. The molecular formula is C20H20FN5O. The van der Waals surface area contributed by atoms with Crippen LogP contribution in [0.3, 0.4) is 0 Å². The smallest absolute Gasteiger partial charge is 0.319 e. The topological polar surface area (TPSA) is 78.9 Å². The van der Waals surface area contributed by atoms with E-state index >= 15 is 0 Å². The van der Waals surface area contributed by atoms with Crippen LogP contribution < -0.4 is 16.0 Å². The highest BCUT2D eigenvalue weighted by molar-refractivity contribution is 5.90. The van der Waals surface area contributed by atoms with Gasteiger partial charge in [-0.05, 0) is 49.6 Å². The summed E-state index contributed by atoms with van der Waals surface area (Å²) in [6.07, 6.45) is 3.46. The zero-order valence-electron chi connectivity index (χ0n) is 14.9. The molecule has 6 nitrogen and oxygen atoms in total. The standard InChI is InChI=1S/C20H20FN5O/c1-12(24-19-16-3-2-4-17(21)18(16)22-11-23-19)13-5-7-14(8-6-13)25-20(27)26-15-9-10-15/h2-8,11-12,15H,9-10H2,1H3,(H,22,23,24)(H2,25,26,27)/t12-/m0/s1. The second-order valence-electron chi connectivity index (χ2n) is 6.72. The Kier molecular flexibility index (Phi) is 4.58. The Morgan fingerprint density at radius 1 is 1.15 bits per heavy atom. The van der Waals surface area contributed by atoms with Gasteiger partial charge >= 0.3 is 6.03 Å². The number of halogens is 1. The van der Waals surface area contributed by atoms with Crippen molar-refractivity contribution in [1.29, 1.82) is 0 Å². The number of hydrogen-bond donors (Lipinski definition) is 3. The Balaban J connectivity index is 1.46. The number of rotatable bonds is 5. The first-order valence-corrected chi connectivity index (χ1v) is 8.93. The van der Waals surface area contributed by atoms with Crippen molar-refractivity contribution in [3.8, 4) is 0 Å². The molecule has 27 heavy (non-hydrogen) atoms. The summed E-state index contributed by atoms with van der Waals surface area (Å²) in [6, 6.07) is 12.5. The van der Waals surface area contributed by atoms with E-state index in [-0.39, 0.29) is 17.9 Å². The van der Waals surface area contributed by atoms with Crippen LogP contribution in [-0.2, 0) is 0 Å². The molecule has 2 aromatic carbocycles. The lowest BCUT2D eigenvalue weighted by Gasteiger charge is -2.17. The van der Waals surface area contributed by atoms with Gasteiger partial charge in [0.15, 0.2) is 0 Å². The third-order valence-corrected chi connectivity index (χ3v) is 4.55. The molecule has 0 spiro atoms. The summed E-state index contributed by atoms with van der Waals surface area (Å²) < 4.78 is 13.9. The van der Waals surface area contributed by atoms with E-state index in [2.05, 4.69) is 25.9 Å². The fraction of sp³-hybridized carbons (Fsp3) is 0.250. The first kappa shape index (κ1) is 17.2. The van der Waals surface area contributed by atoms with Gasteiger partial charge < -0.3 is 16.0 Å². The van der Waals surface area contributed by atoms with E-state index in [1.165, 1.54) is 12.4 Å². The molecule has 2 amide bonds. The number of nitrogens with zero attached hydrogens (tertiary/aromatic N) is 2. The maximum Gasteiger partial charge on any atom is 0.319 e. The van der Waals surface area contributed by atoms with Crippen molar-refractivity contribution in [2.24, 2.45) is 0 Å². The van der Waals surface area contributed by atoms with Gasteiger partial charge in [-0.1, -0.05) is 18.2 Å². The van der Waals surface area contributed by atoms with Crippen molar-refractivity contribution in [1.82, 2.24) is 15.3 Å². The summed E-state index contributed by atoms with van der Waals surface area (Å²) in [5, 5.41) is 9.66. The Bertz CT molecular complexity index is 972. The number of para-hydroxylation sites is 1. The minimum atomic E-state index is -0.370. The van der Waals surface area contributed by atoms with Crippen molar-refractivity contribution >= 4 is 28.4 Å². The van der Waals surface area contributed by atoms with Gasteiger partial charge in [-0.2, -0.15) is 0 Å². The molecule has 0 radical (unpaired) electrons. The summed E-state index contributed by atoms with van der Waals surface area (Å²) >= 11 is 0. The van der Waals surface area contributed by atoms with Gasteiger partial charge in [0.2, 0.25) is 0 Å². The van der Waals surface area contributed by atoms with E-state index in [0.29, 0.717) is 22.8 Å². The van der Waals surface area contributed by atoms with E-state index < -0.39 is 0 Å². The van der Waals surface area contributed by atoms with Gasteiger partial charge in [-0.15, -0.1) is 0 Å². The minimum Gasteiger partial charge on any atom is -0.363 e.